The van der Waals surface area contributed by atoms with E-state index in [1.807, 2.05) is 0 Å². The van der Waals surface area contributed by atoms with Gasteiger partial charge in [-0.3, -0.25) is 9.89 Å². The SMILES string of the molecule is COc1n[nH]c2ncc(NC(=O)c3c(F)ccc(N(CC(F)F)S(N)(=O)=O)c3F)cc12. The fraction of sp³-hybridized carbons (Fsp3) is 0.188. The van der Waals surface area contributed by atoms with Gasteiger partial charge in [0.05, 0.1) is 36.6 Å². The highest BCUT2D eigenvalue weighted by Crippen LogP contribution is 2.28. The number of hydrogen-bond acceptors (Lipinski definition) is 6. The van der Waals surface area contributed by atoms with Gasteiger partial charge in [0.2, 0.25) is 5.88 Å². The van der Waals surface area contributed by atoms with E-state index < -0.39 is 52.0 Å². The topological polar surface area (TPSA) is 143 Å². The van der Waals surface area contributed by atoms with Crippen molar-refractivity contribution >= 4 is 38.5 Å². The van der Waals surface area contributed by atoms with Crippen LogP contribution in [0.3, 0.4) is 0 Å². The molecule has 3 aromatic rings. The number of ether oxygens (including phenoxy) is 1. The molecular weight excluding hydrogens is 448 g/mol. The fourth-order valence-electron chi connectivity index (χ4n) is 2.71. The molecule has 0 unspecified atom stereocenters. The Morgan fingerprint density at radius 3 is 2.68 bits per heavy atom. The first-order valence-corrected chi connectivity index (χ1v) is 9.79. The zero-order chi connectivity index (χ0) is 22.9. The summed E-state index contributed by atoms with van der Waals surface area (Å²) >= 11 is 0. The number of fused-ring (bicyclic) bond motifs is 1. The molecule has 2 aromatic heterocycles. The van der Waals surface area contributed by atoms with Crippen molar-refractivity contribution in [1.29, 1.82) is 0 Å². The summed E-state index contributed by atoms with van der Waals surface area (Å²) in [5, 5.41) is 13.8. The van der Waals surface area contributed by atoms with Crippen LogP contribution in [-0.2, 0) is 10.2 Å². The molecule has 1 amide bonds. The van der Waals surface area contributed by atoms with Gasteiger partial charge >= 0.3 is 0 Å². The summed E-state index contributed by atoms with van der Waals surface area (Å²) in [6, 6.07) is 2.49. The third-order valence-electron chi connectivity index (χ3n) is 4.01. The van der Waals surface area contributed by atoms with Crippen LogP contribution in [0.5, 0.6) is 5.88 Å². The van der Waals surface area contributed by atoms with E-state index in [9.17, 15) is 30.8 Å². The minimum absolute atomic E-state index is 0.00251. The highest BCUT2D eigenvalue weighted by atomic mass is 32.2. The number of amides is 1. The van der Waals surface area contributed by atoms with E-state index in [1.54, 1.807) is 0 Å². The molecule has 166 valence electrons. The molecule has 0 fully saturated rings. The summed E-state index contributed by atoms with van der Waals surface area (Å²) in [6.07, 6.45) is -2.06. The van der Waals surface area contributed by atoms with E-state index in [2.05, 4.69) is 20.5 Å². The van der Waals surface area contributed by atoms with E-state index in [4.69, 9.17) is 9.88 Å². The maximum Gasteiger partial charge on any atom is 0.299 e. The molecule has 1 aromatic carbocycles. The Kier molecular flexibility index (Phi) is 5.99. The zero-order valence-electron chi connectivity index (χ0n) is 15.6. The maximum absolute atomic E-state index is 14.9. The molecule has 15 heteroatoms. The van der Waals surface area contributed by atoms with Crippen LogP contribution in [0.4, 0.5) is 28.9 Å². The number of halogens is 4. The molecule has 0 saturated carbocycles. The lowest BCUT2D eigenvalue weighted by atomic mass is 10.1. The Labute approximate surface area is 172 Å². The van der Waals surface area contributed by atoms with Crippen molar-refractivity contribution in [3.63, 3.8) is 0 Å². The highest BCUT2D eigenvalue weighted by Gasteiger charge is 2.29. The molecule has 3 rings (SSSR count). The standard InChI is InChI=1S/C16H14F4N6O4S/c1-30-16-8-4-7(5-22-14(8)24-25-16)23-15(27)12-9(17)2-3-10(13(12)20)26(6-11(18)19)31(21,28)29/h2-5,11H,6H2,1H3,(H,23,27)(H2,21,28,29)(H,22,24,25). The lowest BCUT2D eigenvalue weighted by Crippen LogP contribution is -2.40. The van der Waals surface area contributed by atoms with Gasteiger partial charge in [0.25, 0.3) is 22.5 Å². The summed E-state index contributed by atoms with van der Waals surface area (Å²) < 4.78 is 82.7. The van der Waals surface area contributed by atoms with Gasteiger partial charge in [-0.05, 0) is 18.2 Å². The molecule has 0 radical (unpaired) electrons. The van der Waals surface area contributed by atoms with E-state index in [1.165, 1.54) is 13.2 Å². The van der Waals surface area contributed by atoms with Crippen molar-refractivity contribution in [2.24, 2.45) is 5.14 Å². The summed E-state index contributed by atoms with van der Waals surface area (Å²) in [5.41, 5.74) is -1.92. The summed E-state index contributed by atoms with van der Waals surface area (Å²) in [7, 11) is -3.51. The molecule has 0 aliphatic heterocycles. The lowest BCUT2D eigenvalue weighted by molar-refractivity contribution is 0.101. The first-order valence-electron chi connectivity index (χ1n) is 8.29. The number of aromatic amines is 1. The number of H-pyrrole nitrogens is 1. The van der Waals surface area contributed by atoms with Gasteiger partial charge in [-0.1, -0.05) is 0 Å². The van der Waals surface area contributed by atoms with Crippen LogP contribution in [0.2, 0.25) is 0 Å². The van der Waals surface area contributed by atoms with Gasteiger partial charge in [0.15, 0.2) is 11.5 Å². The monoisotopic (exact) mass is 462 g/mol. The second-order valence-electron chi connectivity index (χ2n) is 6.03. The van der Waals surface area contributed by atoms with Gasteiger partial charge in [-0.15, -0.1) is 5.10 Å². The minimum atomic E-state index is -4.85. The predicted molar refractivity (Wildman–Crippen MR) is 101 cm³/mol. The smallest absolute Gasteiger partial charge is 0.299 e. The second kappa shape index (κ2) is 8.35. The molecule has 0 spiro atoms. The number of nitrogens with two attached hydrogens (primary N) is 1. The zero-order valence-corrected chi connectivity index (χ0v) is 16.4. The molecule has 2 heterocycles. The third-order valence-corrected chi connectivity index (χ3v) is 4.97. The van der Waals surface area contributed by atoms with Crippen molar-refractivity contribution in [2.75, 3.05) is 23.3 Å². The van der Waals surface area contributed by atoms with Crippen LogP contribution in [-0.4, -0.2) is 49.6 Å². The van der Waals surface area contributed by atoms with E-state index >= 15 is 0 Å². The van der Waals surface area contributed by atoms with Gasteiger partial charge in [-0.2, -0.15) is 8.42 Å². The molecule has 0 aliphatic carbocycles. The number of nitrogens with one attached hydrogen (secondary N) is 2. The minimum Gasteiger partial charge on any atom is -0.479 e. The largest absolute Gasteiger partial charge is 0.479 e. The molecule has 0 aliphatic rings. The van der Waals surface area contributed by atoms with Crippen LogP contribution >= 0.6 is 0 Å². The van der Waals surface area contributed by atoms with Crippen molar-refractivity contribution < 1.29 is 35.5 Å². The van der Waals surface area contributed by atoms with Crippen molar-refractivity contribution in [3.05, 3.63) is 41.6 Å². The van der Waals surface area contributed by atoms with Gasteiger partial charge in [-0.25, -0.2) is 32.0 Å². The number of benzene rings is 1. The van der Waals surface area contributed by atoms with Crippen LogP contribution in [0.25, 0.3) is 11.0 Å². The molecular formula is C16H14F4N6O4S. The average molecular weight is 462 g/mol. The number of anilines is 2. The van der Waals surface area contributed by atoms with Crippen LogP contribution in [0.1, 0.15) is 10.4 Å². The summed E-state index contributed by atoms with van der Waals surface area (Å²) in [4.78, 5) is 16.5. The number of alkyl halides is 2. The quantitative estimate of drug-likeness (QED) is 0.457. The lowest BCUT2D eigenvalue weighted by Gasteiger charge is -2.22. The number of carbonyl (C=O) groups excluding carboxylic acids is 1. The average Bonchev–Trinajstić information content (AvgIpc) is 3.08. The number of nitrogens with zero attached hydrogens (tertiary/aromatic N) is 3. The van der Waals surface area contributed by atoms with Crippen molar-refractivity contribution in [2.45, 2.75) is 6.43 Å². The normalized spacial score (nSPS) is 11.7. The van der Waals surface area contributed by atoms with Gasteiger partial charge in [0.1, 0.15) is 11.4 Å². The fourth-order valence-corrected chi connectivity index (χ4v) is 3.44. The third kappa shape index (κ3) is 4.51. The Bertz CT molecular complexity index is 1250. The Balaban J connectivity index is 2.00. The number of hydrogen-bond donors (Lipinski definition) is 3. The second-order valence-corrected chi connectivity index (χ2v) is 7.50. The number of pyridine rings is 1. The molecule has 0 bridgehead atoms. The predicted octanol–water partition coefficient (Wildman–Crippen LogP) is 1.77. The van der Waals surface area contributed by atoms with E-state index in [-0.39, 0.29) is 15.9 Å². The van der Waals surface area contributed by atoms with E-state index in [0.29, 0.717) is 23.2 Å². The molecule has 4 N–H and O–H groups in total. The number of aromatic nitrogens is 3. The Morgan fingerprint density at radius 2 is 2.06 bits per heavy atom. The van der Waals surface area contributed by atoms with E-state index in [0.717, 1.165) is 6.20 Å². The van der Waals surface area contributed by atoms with Gasteiger partial charge in [0, 0.05) is 0 Å². The molecule has 31 heavy (non-hydrogen) atoms. The van der Waals surface area contributed by atoms with Crippen LogP contribution in [0.15, 0.2) is 24.4 Å². The maximum atomic E-state index is 14.9. The van der Waals surface area contributed by atoms with Gasteiger partial charge < -0.3 is 10.1 Å². The van der Waals surface area contributed by atoms with Crippen LogP contribution in [0, 0.1) is 11.6 Å². The Hall–Kier alpha value is -3.46. The van der Waals surface area contributed by atoms with Crippen molar-refractivity contribution in [3.8, 4) is 5.88 Å². The molecule has 0 saturated heterocycles. The summed E-state index contributed by atoms with van der Waals surface area (Å²) in [5.74, 6) is -4.23. The van der Waals surface area contributed by atoms with Crippen molar-refractivity contribution in [1.82, 2.24) is 15.2 Å². The number of methoxy groups -OCH3 is 1. The first kappa shape index (κ1) is 22.2. The molecule has 10 nitrogen and oxygen atoms in total. The first-order chi connectivity index (χ1) is 14.5. The number of rotatable bonds is 7. The highest BCUT2D eigenvalue weighted by molar-refractivity contribution is 7.90. The molecule has 0 atom stereocenters. The number of carbonyl (C=O) groups is 1. The summed E-state index contributed by atoms with van der Waals surface area (Å²) in [6.45, 7) is -1.50. The Morgan fingerprint density at radius 1 is 1.35 bits per heavy atom. The van der Waals surface area contributed by atoms with Crippen LogP contribution < -0.4 is 19.5 Å².